The van der Waals surface area contributed by atoms with E-state index >= 15 is 0 Å². The molecule has 0 radical (unpaired) electrons. The number of carbonyl (C=O) groups excluding carboxylic acids is 1. The molecule has 1 amide bonds. The average molecular weight is 262 g/mol. The molecule has 2 aliphatic heterocycles. The zero-order valence-electron chi connectivity index (χ0n) is 10.8. The number of ether oxygens (including phenoxy) is 2. The van der Waals surface area contributed by atoms with Crippen LogP contribution < -0.4 is 20.1 Å². The van der Waals surface area contributed by atoms with Crippen molar-refractivity contribution in [2.75, 3.05) is 19.9 Å². The van der Waals surface area contributed by atoms with Gasteiger partial charge in [0.1, 0.15) is 0 Å². The summed E-state index contributed by atoms with van der Waals surface area (Å²) in [6, 6.07) is 5.74. The minimum absolute atomic E-state index is 0.0858. The Morgan fingerprint density at radius 1 is 1.42 bits per heavy atom. The molecule has 0 aromatic heterocycles. The van der Waals surface area contributed by atoms with Crippen LogP contribution in [-0.4, -0.2) is 25.8 Å². The molecular formula is C14H18N2O3. The molecular weight excluding hydrogens is 244 g/mol. The Hall–Kier alpha value is -1.75. The van der Waals surface area contributed by atoms with Crippen molar-refractivity contribution in [3.8, 4) is 11.5 Å². The number of piperidine rings is 1. The van der Waals surface area contributed by atoms with Gasteiger partial charge < -0.3 is 20.1 Å². The van der Waals surface area contributed by atoms with Crippen LogP contribution in [0.2, 0.25) is 0 Å². The molecule has 5 heteroatoms. The van der Waals surface area contributed by atoms with Gasteiger partial charge in [-0.15, -0.1) is 0 Å². The summed E-state index contributed by atoms with van der Waals surface area (Å²) in [5.74, 6) is 1.71. The first-order chi connectivity index (χ1) is 9.34. The number of nitrogens with one attached hydrogen (secondary N) is 2. The van der Waals surface area contributed by atoms with Crippen molar-refractivity contribution in [2.45, 2.75) is 19.4 Å². The van der Waals surface area contributed by atoms with E-state index in [0.29, 0.717) is 6.54 Å². The van der Waals surface area contributed by atoms with E-state index in [-0.39, 0.29) is 18.6 Å². The van der Waals surface area contributed by atoms with Crippen LogP contribution in [0.25, 0.3) is 0 Å². The van der Waals surface area contributed by atoms with Gasteiger partial charge in [-0.05, 0) is 25.5 Å². The summed E-state index contributed by atoms with van der Waals surface area (Å²) >= 11 is 0. The molecule has 0 bridgehead atoms. The molecule has 2 heterocycles. The van der Waals surface area contributed by atoms with Crippen LogP contribution in [0.4, 0.5) is 0 Å². The van der Waals surface area contributed by atoms with Crippen molar-refractivity contribution in [2.24, 2.45) is 5.92 Å². The lowest BCUT2D eigenvalue weighted by Gasteiger charge is -2.22. The highest BCUT2D eigenvalue weighted by Gasteiger charge is 2.22. The monoisotopic (exact) mass is 262 g/mol. The van der Waals surface area contributed by atoms with Crippen molar-refractivity contribution < 1.29 is 14.3 Å². The Balaban J connectivity index is 1.60. The molecule has 1 atom stereocenters. The van der Waals surface area contributed by atoms with Gasteiger partial charge in [0.25, 0.3) is 0 Å². The summed E-state index contributed by atoms with van der Waals surface area (Å²) in [6.45, 7) is 2.54. The second-order valence-corrected chi connectivity index (χ2v) is 4.91. The maximum atomic E-state index is 12.0. The summed E-state index contributed by atoms with van der Waals surface area (Å²) in [4.78, 5) is 12.0. The van der Waals surface area contributed by atoms with Crippen molar-refractivity contribution in [1.29, 1.82) is 0 Å². The van der Waals surface area contributed by atoms with Gasteiger partial charge in [-0.3, -0.25) is 4.79 Å². The summed E-state index contributed by atoms with van der Waals surface area (Å²) in [5.41, 5.74) is 0.965. The van der Waals surface area contributed by atoms with Gasteiger partial charge in [0.05, 0.1) is 5.92 Å². The van der Waals surface area contributed by atoms with Crippen LogP contribution >= 0.6 is 0 Å². The topological polar surface area (TPSA) is 59.6 Å². The third-order valence-electron chi connectivity index (χ3n) is 3.60. The molecule has 1 aromatic rings. The van der Waals surface area contributed by atoms with Gasteiger partial charge in [-0.2, -0.15) is 0 Å². The number of benzene rings is 1. The van der Waals surface area contributed by atoms with Crippen molar-refractivity contribution in [1.82, 2.24) is 10.6 Å². The Kier molecular flexibility index (Phi) is 3.55. The Morgan fingerprint density at radius 3 is 3.21 bits per heavy atom. The number of fused-ring (bicyclic) bond motifs is 1. The first-order valence-corrected chi connectivity index (χ1v) is 6.70. The average Bonchev–Trinajstić information content (AvgIpc) is 2.94. The number of hydrogen-bond donors (Lipinski definition) is 2. The quantitative estimate of drug-likeness (QED) is 0.854. The van der Waals surface area contributed by atoms with Gasteiger partial charge in [0.2, 0.25) is 12.7 Å². The van der Waals surface area contributed by atoms with Crippen LogP contribution in [-0.2, 0) is 11.3 Å². The first-order valence-electron chi connectivity index (χ1n) is 6.70. The second kappa shape index (κ2) is 5.48. The van der Waals surface area contributed by atoms with E-state index in [1.165, 1.54) is 0 Å². The highest BCUT2D eigenvalue weighted by atomic mass is 16.7. The van der Waals surface area contributed by atoms with E-state index in [2.05, 4.69) is 10.6 Å². The highest BCUT2D eigenvalue weighted by Crippen LogP contribution is 2.35. The number of para-hydroxylation sites is 1. The lowest BCUT2D eigenvalue weighted by molar-refractivity contribution is -0.125. The largest absolute Gasteiger partial charge is 0.454 e. The van der Waals surface area contributed by atoms with Gasteiger partial charge >= 0.3 is 0 Å². The summed E-state index contributed by atoms with van der Waals surface area (Å²) in [5, 5.41) is 6.23. The number of rotatable bonds is 3. The van der Waals surface area contributed by atoms with E-state index in [0.717, 1.165) is 43.0 Å². The predicted molar refractivity (Wildman–Crippen MR) is 70.0 cm³/mol. The van der Waals surface area contributed by atoms with Gasteiger partial charge in [-0.1, -0.05) is 12.1 Å². The first kappa shape index (κ1) is 12.3. The molecule has 1 saturated heterocycles. The number of amides is 1. The van der Waals surface area contributed by atoms with E-state index in [9.17, 15) is 4.79 Å². The zero-order chi connectivity index (χ0) is 13.1. The molecule has 19 heavy (non-hydrogen) atoms. The van der Waals surface area contributed by atoms with Crippen LogP contribution in [0.3, 0.4) is 0 Å². The van der Waals surface area contributed by atoms with Crippen LogP contribution in [0, 0.1) is 5.92 Å². The maximum Gasteiger partial charge on any atom is 0.231 e. The van der Waals surface area contributed by atoms with Crippen LogP contribution in [0.5, 0.6) is 11.5 Å². The molecule has 0 spiro atoms. The third-order valence-corrected chi connectivity index (χ3v) is 3.60. The van der Waals surface area contributed by atoms with Gasteiger partial charge in [0, 0.05) is 18.7 Å². The van der Waals surface area contributed by atoms with Crippen molar-refractivity contribution in [3.63, 3.8) is 0 Å². The molecule has 0 unspecified atom stereocenters. The lowest BCUT2D eigenvalue weighted by atomic mass is 9.99. The zero-order valence-corrected chi connectivity index (χ0v) is 10.8. The minimum atomic E-state index is 0.0858. The molecule has 102 valence electrons. The molecule has 5 nitrogen and oxygen atoms in total. The molecule has 2 aliphatic rings. The maximum absolute atomic E-state index is 12.0. The summed E-state index contributed by atoms with van der Waals surface area (Å²) < 4.78 is 10.7. The number of carbonyl (C=O) groups is 1. The number of hydrogen-bond acceptors (Lipinski definition) is 4. The van der Waals surface area contributed by atoms with Gasteiger partial charge in [0.15, 0.2) is 11.5 Å². The lowest BCUT2D eigenvalue weighted by Crippen LogP contribution is -2.40. The normalized spacial score (nSPS) is 21.2. The summed E-state index contributed by atoms with van der Waals surface area (Å²) in [7, 11) is 0. The Morgan fingerprint density at radius 2 is 2.37 bits per heavy atom. The molecule has 3 rings (SSSR count). The molecule has 0 aliphatic carbocycles. The molecule has 1 fully saturated rings. The van der Waals surface area contributed by atoms with Crippen molar-refractivity contribution in [3.05, 3.63) is 23.8 Å². The van der Waals surface area contributed by atoms with Crippen LogP contribution in [0.1, 0.15) is 18.4 Å². The smallest absolute Gasteiger partial charge is 0.231 e. The van der Waals surface area contributed by atoms with Crippen LogP contribution in [0.15, 0.2) is 18.2 Å². The minimum Gasteiger partial charge on any atom is -0.454 e. The fraction of sp³-hybridized carbons (Fsp3) is 0.500. The van der Waals surface area contributed by atoms with E-state index in [1.54, 1.807) is 0 Å². The fourth-order valence-electron chi connectivity index (χ4n) is 2.53. The fourth-order valence-corrected chi connectivity index (χ4v) is 2.53. The molecule has 2 N–H and O–H groups in total. The predicted octanol–water partition coefficient (Wildman–Crippen LogP) is 1.03. The van der Waals surface area contributed by atoms with E-state index in [1.807, 2.05) is 18.2 Å². The third kappa shape index (κ3) is 2.66. The Labute approximate surface area is 112 Å². The SMILES string of the molecule is O=C(NCc1cccc2c1OCO2)[C@@H]1CCCNC1. The van der Waals surface area contributed by atoms with Gasteiger partial charge in [-0.25, -0.2) is 0 Å². The standard InChI is InChI=1S/C14H18N2O3/c17-14(11-4-2-6-15-7-11)16-8-10-3-1-5-12-13(10)19-9-18-12/h1,3,5,11,15H,2,4,6-9H2,(H,16,17)/t11-/m1/s1. The van der Waals surface area contributed by atoms with E-state index < -0.39 is 0 Å². The molecule has 0 saturated carbocycles. The Bertz CT molecular complexity index is 470. The molecule has 1 aromatic carbocycles. The van der Waals surface area contributed by atoms with Crippen molar-refractivity contribution >= 4 is 5.91 Å². The van der Waals surface area contributed by atoms with E-state index in [4.69, 9.17) is 9.47 Å². The summed E-state index contributed by atoms with van der Waals surface area (Å²) in [6.07, 6.45) is 2.03. The highest BCUT2D eigenvalue weighted by molar-refractivity contribution is 5.79. The second-order valence-electron chi connectivity index (χ2n) is 4.91.